The second kappa shape index (κ2) is 6.48. The van der Waals surface area contributed by atoms with Crippen LogP contribution in [-0.4, -0.2) is 21.9 Å². The number of thioether (sulfide) groups is 1. The van der Waals surface area contributed by atoms with E-state index in [0.717, 1.165) is 4.34 Å². The van der Waals surface area contributed by atoms with Crippen molar-refractivity contribution in [3.8, 4) is 0 Å². The molecule has 0 saturated heterocycles. The summed E-state index contributed by atoms with van der Waals surface area (Å²) in [5.74, 6) is 0.0163. The summed E-state index contributed by atoms with van der Waals surface area (Å²) in [5, 5.41) is 10.5. The lowest BCUT2D eigenvalue weighted by atomic mass is 10.3. The first-order valence-electron chi connectivity index (χ1n) is 5.40. The number of nitrogens with one attached hydrogen (secondary N) is 1. The van der Waals surface area contributed by atoms with Crippen molar-refractivity contribution >= 4 is 39.8 Å². The van der Waals surface area contributed by atoms with Crippen LogP contribution >= 0.6 is 23.1 Å². The molecule has 0 radical (unpaired) electrons. The molecule has 2 aromatic rings. The summed E-state index contributed by atoms with van der Waals surface area (Å²) in [5.41, 5.74) is 5.90. The Morgan fingerprint density at radius 2 is 2.32 bits per heavy atom. The molecule has 1 heterocycles. The minimum absolute atomic E-state index is 0.171. The molecule has 1 aromatic carbocycles. The van der Waals surface area contributed by atoms with Crippen LogP contribution in [0.4, 0.5) is 15.2 Å². The van der Waals surface area contributed by atoms with E-state index in [-0.39, 0.29) is 11.7 Å². The molecule has 0 aliphatic carbocycles. The van der Waals surface area contributed by atoms with Gasteiger partial charge in [0.25, 0.3) is 0 Å². The third-order valence-corrected chi connectivity index (χ3v) is 3.97. The Morgan fingerprint density at radius 1 is 1.47 bits per heavy atom. The highest BCUT2D eigenvalue weighted by Gasteiger charge is 2.06. The molecular formula is C11H11FN4OS2. The molecule has 2 rings (SSSR count). The molecule has 0 aliphatic rings. The van der Waals surface area contributed by atoms with Crippen molar-refractivity contribution in [1.82, 2.24) is 10.2 Å². The lowest BCUT2D eigenvalue weighted by Crippen LogP contribution is -2.12. The van der Waals surface area contributed by atoms with Crippen LogP contribution in [0, 0.1) is 5.82 Å². The van der Waals surface area contributed by atoms with Gasteiger partial charge in [-0.05, 0) is 18.2 Å². The zero-order chi connectivity index (χ0) is 13.7. The summed E-state index contributed by atoms with van der Waals surface area (Å²) >= 11 is 2.70. The van der Waals surface area contributed by atoms with Gasteiger partial charge in [-0.2, -0.15) is 0 Å². The number of hydrogen-bond acceptors (Lipinski definition) is 6. The van der Waals surface area contributed by atoms with E-state index in [1.54, 1.807) is 12.1 Å². The van der Waals surface area contributed by atoms with Crippen molar-refractivity contribution in [2.24, 2.45) is 0 Å². The highest BCUT2D eigenvalue weighted by molar-refractivity contribution is 8.01. The Hall–Kier alpha value is -1.67. The Balaban J connectivity index is 1.76. The van der Waals surface area contributed by atoms with Crippen LogP contribution in [0.1, 0.15) is 6.42 Å². The first-order valence-corrected chi connectivity index (χ1v) is 7.21. The molecule has 5 nitrogen and oxygen atoms in total. The third kappa shape index (κ3) is 4.49. The smallest absolute Gasteiger partial charge is 0.225 e. The van der Waals surface area contributed by atoms with E-state index in [1.165, 1.54) is 35.2 Å². The Morgan fingerprint density at radius 3 is 3.00 bits per heavy atom. The highest BCUT2D eigenvalue weighted by Crippen LogP contribution is 2.24. The summed E-state index contributed by atoms with van der Waals surface area (Å²) in [6.07, 6.45) is 0.306. The Bertz CT molecular complexity index is 575. The van der Waals surface area contributed by atoms with E-state index >= 15 is 0 Å². The Kier molecular flexibility index (Phi) is 4.69. The van der Waals surface area contributed by atoms with Gasteiger partial charge < -0.3 is 11.1 Å². The van der Waals surface area contributed by atoms with Gasteiger partial charge >= 0.3 is 0 Å². The van der Waals surface area contributed by atoms with E-state index < -0.39 is 0 Å². The maximum absolute atomic E-state index is 12.9. The summed E-state index contributed by atoms with van der Waals surface area (Å²) in [4.78, 5) is 11.6. The van der Waals surface area contributed by atoms with E-state index in [0.29, 0.717) is 23.0 Å². The second-order valence-corrected chi connectivity index (χ2v) is 5.91. The van der Waals surface area contributed by atoms with Crippen LogP contribution in [0.15, 0.2) is 28.6 Å². The number of benzene rings is 1. The van der Waals surface area contributed by atoms with E-state index in [4.69, 9.17) is 5.73 Å². The van der Waals surface area contributed by atoms with Gasteiger partial charge in [0.1, 0.15) is 5.82 Å². The fourth-order valence-corrected chi connectivity index (χ4v) is 2.94. The predicted octanol–water partition coefficient (Wildman–Crippen LogP) is 2.38. The molecule has 0 unspecified atom stereocenters. The number of nitrogen functional groups attached to an aromatic ring is 1. The summed E-state index contributed by atoms with van der Waals surface area (Å²) in [6, 6.07) is 5.78. The number of hydrogen-bond donors (Lipinski definition) is 2. The van der Waals surface area contributed by atoms with E-state index in [2.05, 4.69) is 15.5 Å². The molecule has 0 atom stereocenters. The van der Waals surface area contributed by atoms with Crippen molar-refractivity contribution in [3.05, 3.63) is 30.1 Å². The van der Waals surface area contributed by atoms with Gasteiger partial charge in [0.05, 0.1) is 0 Å². The first-order chi connectivity index (χ1) is 9.13. The van der Waals surface area contributed by atoms with Crippen LogP contribution in [-0.2, 0) is 4.79 Å². The molecule has 1 aromatic heterocycles. The van der Waals surface area contributed by atoms with E-state index in [9.17, 15) is 9.18 Å². The van der Waals surface area contributed by atoms with Crippen LogP contribution in [0.3, 0.4) is 0 Å². The molecule has 0 aliphatic heterocycles. The van der Waals surface area contributed by atoms with Crippen LogP contribution < -0.4 is 11.1 Å². The lowest BCUT2D eigenvalue weighted by molar-refractivity contribution is -0.115. The van der Waals surface area contributed by atoms with Gasteiger partial charge in [0, 0.05) is 17.9 Å². The highest BCUT2D eigenvalue weighted by atomic mass is 32.2. The average molecular weight is 298 g/mol. The maximum Gasteiger partial charge on any atom is 0.225 e. The third-order valence-electron chi connectivity index (χ3n) is 2.09. The standard InChI is InChI=1S/C11H11FN4OS2/c12-7-2-1-3-8(6-7)14-9(17)4-5-18-11-16-15-10(13)19-11/h1-3,6H,4-5H2,(H2,13,15)(H,14,17). The lowest BCUT2D eigenvalue weighted by Gasteiger charge is -2.04. The number of carbonyl (C=O) groups is 1. The van der Waals surface area contributed by atoms with Gasteiger partial charge in [-0.1, -0.05) is 29.2 Å². The Labute approximate surface area is 117 Å². The predicted molar refractivity (Wildman–Crippen MR) is 74.7 cm³/mol. The molecule has 0 spiro atoms. The summed E-state index contributed by atoms with van der Waals surface area (Å²) < 4.78 is 13.6. The number of aromatic nitrogens is 2. The topological polar surface area (TPSA) is 80.9 Å². The quantitative estimate of drug-likeness (QED) is 0.828. The van der Waals surface area contributed by atoms with Gasteiger partial charge in [0.2, 0.25) is 11.0 Å². The van der Waals surface area contributed by atoms with Crippen LogP contribution in [0.5, 0.6) is 0 Å². The summed E-state index contributed by atoms with van der Waals surface area (Å²) in [7, 11) is 0. The largest absolute Gasteiger partial charge is 0.374 e. The van der Waals surface area contributed by atoms with Crippen molar-refractivity contribution in [3.63, 3.8) is 0 Å². The number of rotatable bonds is 5. The van der Waals surface area contributed by atoms with Crippen molar-refractivity contribution < 1.29 is 9.18 Å². The number of nitrogens with two attached hydrogens (primary N) is 1. The zero-order valence-electron chi connectivity index (χ0n) is 9.80. The van der Waals surface area contributed by atoms with E-state index in [1.807, 2.05) is 0 Å². The molecule has 0 fully saturated rings. The molecule has 0 bridgehead atoms. The summed E-state index contributed by atoms with van der Waals surface area (Å²) in [6.45, 7) is 0. The molecule has 19 heavy (non-hydrogen) atoms. The fraction of sp³-hybridized carbons (Fsp3) is 0.182. The maximum atomic E-state index is 12.9. The number of anilines is 2. The van der Waals surface area contributed by atoms with Gasteiger partial charge in [-0.15, -0.1) is 10.2 Å². The first kappa shape index (κ1) is 13.8. The number of nitrogens with zero attached hydrogens (tertiary/aromatic N) is 2. The zero-order valence-corrected chi connectivity index (χ0v) is 11.4. The number of amides is 1. The number of carbonyl (C=O) groups excluding carboxylic acids is 1. The average Bonchev–Trinajstić information content (AvgIpc) is 2.75. The van der Waals surface area contributed by atoms with Crippen LogP contribution in [0.2, 0.25) is 0 Å². The molecule has 100 valence electrons. The number of halogens is 1. The van der Waals surface area contributed by atoms with Crippen LogP contribution in [0.25, 0.3) is 0 Å². The normalized spacial score (nSPS) is 10.4. The fourth-order valence-electron chi connectivity index (χ4n) is 1.30. The van der Waals surface area contributed by atoms with Gasteiger partial charge in [0.15, 0.2) is 4.34 Å². The van der Waals surface area contributed by atoms with Crippen molar-refractivity contribution in [2.75, 3.05) is 16.8 Å². The molecule has 3 N–H and O–H groups in total. The van der Waals surface area contributed by atoms with Gasteiger partial charge in [-0.3, -0.25) is 4.79 Å². The second-order valence-electron chi connectivity index (χ2n) is 3.56. The van der Waals surface area contributed by atoms with Crippen molar-refractivity contribution in [2.45, 2.75) is 10.8 Å². The molecule has 0 saturated carbocycles. The molecule has 1 amide bonds. The van der Waals surface area contributed by atoms with Crippen molar-refractivity contribution in [1.29, 1.82) is 0 Å². The molecular weight excluding hydrogens is 287 g/mol. The van der Waals surface area contributed by atoms with Gasteiger partial charge in [-0.25, -0.2) is 4.39 Å². The minimum atomic E-state index is -0.378. The monoisotopic (exact) mass is 298 g/mol. The molecule has 8 heteroatoms. The SMILES string of the molecule is Nc1nnc(SCCC(=O)Nc2cccc(F)c2)s1. The minimum Gasteiger partial charge on any atom is -0.374 e.